The fourth-order valence-corrected chi connectivity index (χ4v) is 1.58. The number of aromatic amines is 1. The highest BCUT2D eigenvalue weighted by Crippen LogP contribution is 2.14. The fourth-order valence-electron chi connectivity index (χ4n) is 1.58. The molecule has 1 N–H and O–H groups in total. The molecule has 0 aliphatic carbocycles. The van der Waals surface area contributed by atoms with E-state index in [1.807, 2.05) is 19.1 Å². The number of imidazole rings is 1. The van der Waals surface area contributed by atoms with Crippen LogP contribution in [-0.4, -0.2) is 14.5 Å². The van der Waals surface area contributed by atoms with Gasteiger partial charge in [0.15, 0.2) is 5.65 Å². The Hall–Kier alpha value is -1.58. The summed E-state index contributed by atoms with van der Waals surface area (Å²) in [5, 5.41) is 0. The van der Waals surface area contributed by atoms with Gasteiger partial charge in [-0.3, -0.25) is 9.55 Å². The smallest absolute Gasteiger partial charge is 0.290 e. The lowest BCUT2D eigenvalue weighted by molar-refractivity contribution is 0.530. The lowest BCUT2D eigenvalue weighted by atomic mass is 10.2. The summed E-state index contributed by atoms with van der Waals surface area (Å²) >= 11 is 0. The number of hydrogen-bond acceptors (Lipinski definition) is 2. The van der Waals surface area contributed by atoms with Gasteiger partial charge in [-0.15, -0.1) is 0 Å². The third-order valence-electron chi connectivity index (χ3n) is 2.52. The van der Waals surface area contributed by atoms with Crippen LogP contribution in [0.2, 0.25) is 0 Å². The maximum absolute atomic E-state index is 11.6. The van der Waals surface area contributed by atoms with Crippen molar-refractivity contribution in [3.05, 3.63) is 28.8 Å². The van der Waals surface area contributed by atoms with Crippen LogP contribution in [0.4, 0.5) is 0 Å². The molecule has 0 radical (unpaired) electrons. The molecule has 4 nitrogen and oxygen atoms in total. The molecule has 1 atom stereocenters. The van der Waals surface area contributed by atoms with Gasteiger partial charge in [0.2, 0.25) is 0 Å². The van der Waals surface area contributed by atoms with E-state index in [4.69, 9.17) is 0 Å². The average Bonchev–Trinajstić information content (AvgIpc) is 2.53. The van der Waals surface area contributed by atoms with Crippen molar-refractivity contribution in [2.75, 3.05) is 0 Å². The van der Waals surface area contributed by atoms with Crippen LogP contribution in [-0.2, 0) is 0 Å². The van der Waals surface area contributed by atoms with Gasteiger partial charge in [-0.2, -0.15) is 0 Å². The molecule has 1 unspecified atom stereocenters. The Balaban J connectivity index is 2.74. The fraction of sp³-hybridized carbons (Fsp3) is 0.400. The van der Waals surface area contributed by atoms with Crippen LogP contribution in [0.15, 0.2) is 23.1 Å². The molecule has 0 bridgehead atoms. The number of rotatable bonds is 2. The van der Waals surface area contributed by atoms with Gasteiger partial charge in [-0.25, -0.2) is 9.78 Å². The monoisotopic (exact) mass is 191 g/mol. The summed E-state index contributed by atoms with van der Waals surface area (Å²) in [6.45, 7) is 4.09. The summed E-state index contributed by atoms with van der Waals surface area (Å²) in [4.78, 5) is 18.4. The zero-order valence-electron chi connectivity index (χ0n) is 8.32. The first kappa shape index (κ1) is 8.99. The molecule has 0 saturated carbocycles. The highest BCUT2D eigenvalue weighted by atomic mass is 16.1. The maximum atomic E-state index is 11.6. The number of H-pyrrole nitrogens is 1. The van der Waals surface area contributed by atoms with E-state index in [1.165, 1.54) is 0 Å². The second-order valence-corrected chi connectivity index (χ2v) is 3.43. The molecule has 74 valence electrons. The minimum Gasteiger partial charge on any atom is -0.290 e. The quantitative estimate of drug-likeness (QED) is 0.785. The first-order chi connectivity index (χ1) is 6.74. The van der Waals surface area contributed by atoms with Crippen LogP contribution in [0.1, 0.15) is 26.3 Å². The molecule has 14 heavy (non-hydrogen) atoms. The molecule has 0 aromatic carbocycles. The van der Waals surface area contributed by atoms with E-state index in [2.05, 4.69) is 16.9 Å². The Morgan fingerprint density at radius 3 is 3.14 bits per heavy atom. The topological polar surface area (TPSA) is 50.7 Å². The normalized spacial score (nSPS) is 13.3. The molecule has 0 amide bonds. The Morgan fingerprint density at radius 2 is 2.43 bits per heavy atom. The molecule has 2 rings (SSSR count). The summed E-state index contributed by atoms with van der Waals surface area (Å²) in [7, 11) is 0. The van der Waals surface area contributed by atoms with E-state index in [0.717, 1.165) is 11.9 Å². The van der Waals surface area contributed by atoms with Crippen LogP contribution in [0.3, 0.4) is 0 Å². The third kappa shape index (κ3) is 1.23. The first-order valence-electron chi connectivity index (χ1n) is 4.79. The Labute approximate surface area is 81.6 Å². The van der Waals surface area contributed by atoms with E-state index in [0.29, 0.717) is 5.65 Å². The van der Waals surface area contributed by atoms with E-state index >= 15 is 0 Å². The van der Waals surface area contributed by atoms with Gasteiger partial charge in [0.25, 0.3) is 0 Å². The van der Waals surface area contributed by atoms with Crippen molar-refractivity contribution >= 4 is 11.2 Å². The summed E-state index contributed by atoms with van der Waals surface area (Å²) < 4.78 is 1.75. The molecule has 0 fully saturated rings. The summed E-state index contributed by atoms with van der Waals surface area (Å²) in [6.07, 6.45) is 2.61. The predicted molar refractivity (Wildman–Crippen MR) is 55.4 cm³/mol. The van der Waals surface area contributed by atoms with Crippen molar-refractivity contribution in [1.82, 2.24) is 14.5 Å². The number of fused-ring (bicyclic) bond motifs is 1. The predicted octanol–water partition coefficient (Wildman–Crippen LogP) is 1.70. The highest BCUT2D eigenvalue weighted by Gasteiger charge is 2.10. The SMILES string of the molecule is CCC(C)n1c(=O)[nH]c2ncccc21. The highest BCUT2D eigenvalue weighted by molar-refractivity contribution is 5.70. The van der Waals surface area contributed by atoms with Gasteiger partial charge >= 0.3 is 5.69 Å². The standard InChI is InChI=1S/C10H13N3O/c1-3-7(2)13-8-5-4-6-11-9(8)12-10(13)14/h4-7H,3H2,1-2H3,(H,11,12,14). The summed E-state index contributed by atoms with van der Waals surface area (Å²) in [5.74, 6) is 0. The van der Waals surface area contributed by atoms with Crippen LogP contribution >= 0.6 is 0 Å². The molecule has 2 heterocycles. The van der Waals surface area contributed by atoms with Crippen molar-refractivity contribution in [2.24, 2.45) is 0 Å². The lowest BCUT2D eigenvalue weighted by Crippen LogP contribution is -2.19. The molecule has 2 aromatic rings. The van der Waals surface area contributed by atoms with Crippen LogP contribution in [0, 0.1) is 0 Å². The Bertz CT molecular complexity index is 497. The number of aromatic nitrogens is 3. The molecule has 0 aliphatic heterocycles. The van der Waals surface area contributed by atoms with E-state index in [-0.39, 0.29) is 11.7 Å². The zero-order chi connectivity index (χ0) is 10.1. The minimum atomic E-state index is -0.0759. The van der Waals surface area contributed by atoms with Crippen molar-refractivity contribution in [3.8, 4) is 0 Å². The largest absolute Gasteiger partial charge is 0.327 e. The number of nitrogens with zero attached hydrogens (tertiary/aromatic N) is 2. The van der Waals surface area contributed by atoms with Crippen molar-refractivity contribution in [3.63, 3.8) is 0 Å². The molecule has 4 heteroatoms. The number of hydrogen-bond donors (Lipinski definition) is 1. The van der Waals surface area contributed by atoms with Gasteiger partial charge in [0.1, 0.15) is 0 Å². The second kappa shape index (κ2) is 3.29. The molecular formula is C10H13N3O. The molecule has 0 spiro atoms. The van der Waals surface area contributed by atoms with Crippen LogP contribution < -0.4 is 5.69 Å². The van der Waals surface area contributed by atoms with Gasteiger partial charge < -0.3 is 0 Å². The maximum Gasteiger partial charge on any atom is 0.327 e. The number of pyridine rings is 1. The van der Waals surface area contributed by atoms with E-state index < -0.39 is 0 Å². The van der Waals surface area contributed by atoms with Gasteiger partial charge in [0, 0.05) is 12.2 Å². The van der Waals surface area contributed by atoms with Gasteiger partial charge in [-0.05, 0) is 25.5 Å². The molecule has 0 saturated heterocycles. The van der Waals surface area contributed by atoms with E-state index in [1.54, 1.807) is 10.8 Å². The van der Waals surface area contributed by atoms with Crippen molar-refractivity contribution in [2.45, 2.75) is 26.3 Å². The first-order valence-corrected chi connectivity index (χ1v) is 4.79. The van der Waals surface area contributed by atoms with E-state index in [9.17, 15) is 4.79 Å². The van der Waals surface area contributed by atoms with Crippen molar-refractivity contribution < 1.29 is 0 Å². The Morgan fingerprint density at radius 1 is 1.64 bits per heavy atom. The minimum absolute atomic E-state index is 0.0759. The molecular weight excluding hydrogens is 178 g/mol. The van der Waals surface area contributed by atoms with Gasteiger partial charge in [0.05, 0.1) is 5.52 Å². The summed E-state index contributed by atoms with van der Waals surface area (Å²) in [6, 6.07) is 3.96. The number of nitrogens with one attached hydrogen (secondary N) is 1. The third-order valence-corrected chi connectivity index (χ3v) is 2.52. The molecule has 0 aliphatic rings. The van der Waals surface area contributed by atoms with Crippen LogP contribution in [0.25, 0.3) is 11.2 Å². The van der Waals surface area contributed by atoms with Gasteiger partial charge in [-0.1, -0.05) is 6.92 Å². The Kier molecular flexibility index (Phi) is 2.11. The molecule has 2 aromatic heterocycles. The summed E-state index contributed by atoms with van der Waals surface area (Å²) in [5.41, 5.74) is 1.47. The lowest BCUT2D eigenvalue weighted by Gasteiger charge is -2.09. The van der Waals surface area contributed by atoms with Crippen molar-refractivity contribution in [1.29, 1.82) is 0 Å². The second-order valence-electron chi connectivity index (χ2n) is 3.43. The van der Waals surface area contributed by atoms with Crippen LogP contribution in [0.5, 0.6) is 0 Å². The average molecular weight is 191 g/mol. The zero-order valence-corrected chi connectivity index (χ0v) is 8.32.